The summed E-state index contributed by atoms with van der Waals surface area (Å²) in [4.78, 5) is 15.0. The topological polar surface area (TPSA) is 67.6 Å². The van der Waals surface area contributed by atoms with Crippen LogP contribution in [-0.2, 0) is 4.79 Å². The van der Waals surface area contributed by atoms with Crippen LogP contribution in [0.3, 0.4) is 0 Å². The summed E-state index contributed by atoms with van der Waals surface area (Å²) >= 11 is 0. The molecule has 110 valence electrons. The van der Waals surface area contributed by atoms with E-state index in [1.165, 1.54) is 6.08 Å². The van der Waals surface area contributed by atoms with Gasteiger partial charge in [0, 0.05) is 25.2 Å². The van der Waals surface area contributed by atoms with Crippen LogP contribution in [0.25, 0.3) is 6.08 Å². The Morgan fingerprint density at radius 1 is 1.52 bits per heavy atom. The van der Waals surface area contributed by atoms with Crippen molar-refractivity contribution in [3.63, 3.8) is 0 Å². The van der Waals surface area contributed by atoms with Crippen LogP contribution >= 0.6 is 0 Å². The Kier molecular flexibility index (Phi) is 4.61. The second-order valence-electron chi connectivity index (χ2n) is 5.41. The minimum absolute atomic E-state index is 0.503. The highest BCUT2D eigenvalue weighted by atomic mass is 16.4. The maximum atomic E-state index is 10.5. The first-order valence-corrected chi connectivity index (χ1v) is 6.88. The molecule has 1 saturated heterocycles. The molecule has 1 aromatic rings. The first-order valence-electron chi connectivity index (χ1n) is 6.88. The molecule has 2 rings (SSSR count). The van der Waals surface area contributed by atoms with Gasteiger partial charge in [-0.25, -0.2) is 4.79 Å². The molecule has 21 heavy (non-hydrogen) atoms. The Bertz CT molecular complexity index is 602. The molecule has 0 aliphatic carbocycles. The quantitative estimate of drug-likeness (QED) is 0.854. The number of nitrogens with zero attached hydrogens (tertiary/aromatic N) is 3. The van der Waals surface area contributed by atoms with Gasteiger partial charge in [-0.05, 0) is 44.3 Å². The zero-order valence-electron chi connectivity index (χ0n) is 12.3. The lowest BCUT2D eigenvalue weighted by atomic mass is 10.1. The highest BCUT2D eigenvalue weighted by molar-refractivity contribution is 5.85. The fraction of sp³-hybridized carbons (Fsp3) is 0.375. The zero-order valence-corrected chi connectivity index (χ0v) is 12.3. The van der Waals surface area contributed by atoms with Gasteiger partial charge in [-0.15, -0.1) is 0 Å². The van der Waals surface area contributed by atoms with Gasteiger partial charge in [-0.2, -0.15) is 5.26 Å². The fourth-order valence-corrected chi connectivity index (χ4v) is 2.57. The van der Waals surface area contributed by atoms with Gasteiger partial charge in [0.05, 0.1) is 11.3 Å². The lowest BCUT2D eigenvalue weighted by Crippen LogP contribution is -2.31. The van der Waals surface area contributed by atoms with E-state index in [4.69, 9.17) is 5.11 Å². The molecule has 0 aromatic heterocycles. The zero-order chi connectivity index (χ0) is 15.4. The summed E-state index contributed by atoms with van der Waals surface area (Å²) in [5.41, 5.74) is 2.23. The van der Waals surface area contributed by atoms with Gasteiger partial charge in [0.15, 0.2) is 0 Å². The normalized spacial score (nSPS) is 18.4. The molecule has 1 fully saturated rings. The first-order chi connectivity index (χ1) is 10.0. The molecule has 1 aromatic carbocycles. The Morgan fingerprint density at radius 2 is 2.29 bits per heavy atom. The SMILES string of the molecule is CN(C)C1CCN(c2ccc(/C=C/C(=O)O)cc2C#N)C1. The molecule has 1 aliphatic rings. The third-order valence-corrected chi connectivity index (χ3v) is 3.79. The Labute approximate surface area is 124 Å². The lowest BCUT2D eigenvalue weighted by molar-refractivity contribution is -0.131. The van der Waals surface area contributed by atoms with Crippen molar-refractivity contribution in [2.45, 2.75) is 12.5 Å². The monoisotopic (exact) mass is 285 g/mol. The van der Waals surface area contributed by atoms with Crippen molar-refractivity contribution in [3.8, 4) is 6.07 Å². The number of carboxylic acids is 1. The van der Waals surface area contributed by atoms with E-state index in [1.54, 1.807) is 6.07 Å². The number of rotatable bonds is 4. The van der Waals surface area contributed by atoms with Crippen molar-refractivity contribution < 1.29 is 9.90 Å². The van der Waals surface area contributed by atoms with Crippen molar-refractivity contribution in [3.05, 3.63) is 35.4 Å². The van der Waals surface area contributed by atoms with Crippen molar-refractivity contribution in [1.29, 1.82) is 5.26 Å². The number of nitriles is 1. The van der Waals surface area contributed by atoms with E-state index in [9.17, 15) is 10.1 Å². The van der Waals surface area contributed by atoms with Crippen LogP contribution in [0.5, 0.6) is 0 Å². The molecule has 0 bridgehead atoms. The summed E-state index contributed by atoms with van der Waals surface area (Å²) in [5, 5.41) is 18.0. The number of carbonyl (C=O) groups is 1. The smallest absolute Gasteiger partial charge is 0.328 e. The Balaban J connectivity index is 2.22. The minimum atomic E-state index is -0.994. The van der Waals surface area contributed by atoms with Gasteiger partial charge >= 0.3 is 5.97 Å². The number of hydrogen-bond acceptors (Lipinski definition) is 4. The molecule has 0 saturated carbocycles. The molecule has 5 heteroatoms. The maximum absolute atomic E-state index is 10.5. The summed E-state index contributed by atoms with van der Waals surface area (Å²) in [5.74, 6) is -0.994. The second-order valence-corrected chi connectivity index (χ2v) is 5.41. The first kappa shape index (κ1) is 15.1. The highest BCUT2D eigenvalue weighted by Crippen LogP contribution is 2.26. The molecule has 0 spiro atoms. The summed E-state index contributed by atoms with van der Waals surface area (Å²) < 4.78 is 0. The van der Waals surface area contributed by atoms with Crippen LogP contribution in [-0.4, -0.2) is 49.2 Å². The van der Waals surface area contributed by atoms with Gasteiger partial charge in [0.25, 0.3) is 0 Å². The molecule has 1 unspecified atom stereocenters. The van der Waals surface area contributed by atoms with Crippen molar-refractivity contribution in [2.75, 3.05) is 32.1 Å². The van der Waals surface area contributed by atoms with Crippen LogP contribution in [0, 0.1) is 11.3 Å². The predicted octanol–water partition coefficient (Wildman–Crippen LogP) is 1.80. The van der Waals surface area contributed by atoms with Crippen LogP contribution < -0.4 is 4.90 Å². The van der Waals surface area contributed by atoms with Gasteiger partial charge in [-0.3, -0.25) is 0 Å². The van der Waals surface area contributed by atoms with Gasteiger partial charge in [0.2, 0.25) is 0 Å². The number of carboxylic acid groups (broad SMARTS) is 1. The predicted molar refractivity (Wildman–Crippen MR) is 82.1 cm³/mol. The molecular weight excluding hydrogens is 266 g/mol. The standard InChI is InChI=1S/C16H19N3O2/c1-18(2)14-7-8-19(11-14)15-5-3-12(4-6-16(20)21)9-13(15)10-17/h3-6,9,14H,7-8,11H2,1-2H3,(H,20,21)/b6-4+. The van der Waals surface area contributed by atoms with E-state index in [1.807, 2.05) is 12.1 Å². The molecular formula is C16H19N3O2. The van der Waals surface area contributed by atoms with Crippen molar-refractivity contribution >= 4 is 17.7 Å². The van der Waals surface area contributed by atoms with Crippen molar-refractivity contribution in [1.82, 2.24) is 4.90 Å². The Morgan fingerprint density at radius 3 is 2.86 bits per heavy atom. The average molecular weight is 285 g/mol. The highest BCUT2D eigenvalue weighted by Gasteiger charge is 2.25. The molecule has 1 aliphatic heterocycles. The van der Waals surface area contributed by atoms with Crippen LogP contribution in [0.2, 0.25) is 0 Å². The summed E-state index contributed by atoms with van der Waals surface area (Å²) in [6.07, 6.45) is 3.66. The van der Waals surface area contributed by atoms with Crippen LogP contribution in [0.4, 0.5) is 5.69 Å². The lowest BCUT2D eigenvalue weighted by Gasteiger charge is -2.22. The maximum Gasteiger partial charge on any atom is 0.328 e. The molecule has 1 heterocycles. The molecule has 0 amide bonds. The van der Waals surface area contributed by atoms with E-state index in [-0.39, 0.29) is 0 Å². The molecule has 1 atom stereocenters. The summed E-state index contributed by atoms with van der Waals surface area (Å²) in [6, 6.07) is 8.19. The fourth-order valence-electron chi connectivity index (χ4n) is 2.57. The molecule has 0 radical (unpaired) electrons. The number of aliphatic carboxylic acids is 1. The number of likely N-dealkylation sites (N-methyl/N-ethyl adjacent to an activating group) is 1. The van der Waals surface area contributed by atoms with Crippen LogP contribution in [0.1, 0.15) is 17.5 Å². The summed E-state index contributed by atoms with van der Waals surface area (Å²) in [7, 11) is 4.14. The Hall–Kier alpha value is -2.32. The van der Waals surface area contributed by atoms with Gasteiger partial charge in [-0.1, -0.05) is 6.07 Å². The third kappa shape index (κ3) is 3.61. The molecule has 5 nitrogen and oxygen atoms in total. The van der Waals surface area contributed by atoms with E-state index >= 15 is 0 Å². The third-order valence-electron chi connectivity index (χ3n) is 3.79. The second kappa shape index (κ2) is 6.42. The minimum Gasteiger partial charge on any atom is -0.478 e. The van der Waals surface area contributed by atoms with E-state index in [0.717, 1.165) is 36.8 Å². The van der Waals surface area contributed by atoms with E-state index < -0.39 is 5.97 Å². The number of hydrogen-bond donors (Lipinski definition) is 1. The average Bonchev–Trinajstić information content (AvgIpc) is 2.94. The largest absolute Gasteiger partial charge is 0.478 e. The van der Waals surface area contributed by atoms with Crippen LogP contribution in [0.15, 0.2) is 24.3 Å². The van der Waals surface area contributed by atoms with E-state index in [2.05, 4.69) is 30.0 Å². The molecule has 1 N–H and O–H groups in total. The van der Waals surface area contributed by atoms with E-state index in [0.29, 0.717) is 11.6 Å². The number of benzene rings is 1. The summed E-state index contributed by atoms with van der Waals surface area (Å²) in [6.45, 7) is 1.84. The van der Waals surface area contributed by atoms with Crippen molar-refractivity contribution in [2.24, 2.45) is 0 Å². The van der Waals surface area contributed by atoms with Gasteiger partial charge in [0.1, 0.15) is 6.07 Å². The number of anilines is 1. The van der Waals surface area contributed by atoms with Gasteiger partial charge < -0.3 is 14.9 Å².